The molecule has 0 radical (unpaired) electrons. The quantitative estimate of drug-likeness (QED) is 0.814. The van der Waals surface area contributed by atoms with Gasteiger partial charge in [0, 0.05) is 6.04 Å². The Bertz CT molecular complexity index is 970. The van der Waals surface area contributed by atoms with Crippen molar-refractivity contribution in [1.29, 1.82) is 0 Å². The Labute approximate surface area is 139 Å². The fourth-order valence-corrected chi connectivity index (χ4v) is 4.49. The highest BCUT2D eigenvalue weighted by Crippen LogP contribution is 2.24. The first-order valence-corrected chi connectivity index (χ1v) is 10.1. The molecule has 0 amide bonds. The van der Waals surface area contributed by atoms with Gasteiger partial charge in [0.2, 0.25) is 10.0 Å². The smallest absolute Gasteiger partial charge is 0.261 e. The summed E-state index contributed by atoms with van der Waals surface area (Å²) < 4.78 is 66.9. The lowest BCUT2D eigenvalue weighted by atomic mass is 10.3. The van der Waals surface area contributed by atoms with E-state index >= 15 is 0 Å². The Balaban J connectivity index is 1.86. The van der Waals surface area contributed by atoms with E-state index in [-0.39, 0.29) is 21.5 Å². The third-order valence-corrected chi connectivity index (χ3v) is 6.30. The van der Waals surface area contributed by atoms with Crippen LogP contribution in [0.15, 0.2) is 58.3 Å². The topological polar surface area (TPSA) is 92.3 Å². The predicted octanol–water partition coefficient (Wildman–Crippen LogP) is 2.07. The third-order valence-electron chi connectivity index (χ3n) is 3.40. The van der Waals surface area contributed by atoms with Crippen LogP contribution in [0.4, 0.5) is 10.1 Å². The second-order valence-electron chi connectivity index (χ2n) is 5.49. The summed E-state index contributed by atoms with van der Waals surface area (Å²) >= 11 is 0. The molecule has 0 spiro atoms. The molecule has 2 aromatic rings. The van der Waals surface area contributed by atoms with Gasteiger partial charge in [0.1, 0.15) is 5.82 Å². The molecule has 1 fully saturated rings. The zero-order chi connectivity index (χ0) is 17.4. The van der Waals surface area contributed by atoms with Crippen molar-refractivity contribution in [2.45, 2.75) is 28.7 Å². The zero-order valence-corrected chi connectivity index (χ0v) is 14.1. The van der Waals surface area contributed by atoms with Gasteiger partial charge in [-0.1, -0.05) is 12.1 Å². The fraction of sp³-hybridized carbons (Fsp3) is 0.200. The summed E-state index contributed by atoms with van der Waals surface area (Å²) in [5.74, 6) is -0.678. The van der Waals surface area contributed by atoms with Crippen molar-refractivity contribution in [3.8, 4) is 0 Å². The highest BCUT2D eigenvalue weighted by molar-refractivity contribution is 7.92. The molecule has 0 bridgehead atoms. The zero-order valence-electron chi connectivity index (χ0n) is 12.4. The van der Waals surface area contributed by atoms with Crippen LogP contribution in [0.1, 0.15) is 12.8 Å². The van der Waals surface area contributed by atoms with E-state index in [9.17, 15) is 21.2 Å². The van der Waals surface area contributed by atoms with Crippen LogP contribution < -0.4 is 9.44 Å². The number of hydrogen-bond acceptors (Lipinski definition) is 4. The van der Waals surface area contributed by atoms with Crippen LogP contribution in [-0.4, -0.2) is 22.9 Å². The molecule has 24 heavy (non-hydrogen) atoms. The van der Waals surface area contributed by atoms with E-state index in [0.717, 1.165) is 25.0 Å². The first kappa shape index (κ1) is 16.9. The Morgan fingerprint density at radius 3 is 2.12 bits per heavy atom. The first-order chi connectivity index (χ1) is 11.3. The van der Waals surface area contributed by atoms with Gasteiger partial charge in [-0.15, -0.1) is 0 Å². The predicted molar refractivity (Wildman–Crippen MR) is 87.0 cm³/mol. The first-order valence-electron chi connectivity index (χ1n) is 7.17. The lowest BCUT2D eigenvalue weighted by Crippen LogP contribution is -2.25. The third kappa shape index (κ3) is 3.92. The Hall–Kier alpha value is -1.97. The summed E-state index contributed by atoms with van der Waals surface area (Å²) in [7, 11) is -7.71. The lowest BCUT2D eigenvalue weighted by molar-refractivity contribution is 0.580. The molecular weight excluding hydrogens is 355 g/mol. The second kappa shape index (κ2) is 6.15. The van der Waals surface area contributed by atoms with Gasteiger partial charge < -0.3 is 0 Å². The van der Waals surface area contributed by atoms with Crippen molar-refractivity contribution in [3.05, 3.63) is 54.3 Å². The highest BCUT2D eigenvalue weighted by Gasteiger charge is 2.28. The lowest BCUT2D eigenvalue weighted by Gasteiger charge is -2.10. The van der Waals surface area contributed by atoms with Crippen molar-refractivity contribution in [2.24, 2.45) is 0 Å². The Morgan fingerprint density at radius 2 is 1.50 bits per heavy atom. The SMILES string of the molecule is O=S(=O)(Nc1cccc(S(=O)(=O)NC2CC2)c1)c1cccc(F)c1. The molecule has 0 aromatic heterocycles. The average Bonchev–Trinajstić information content (AvgIpc) is 3.30. The Morgan fingerprint density at radius 1 is 0.875 bits per heavy atom. The van der Waals surface area contributed by atoms with Gasteiger partial charge in [-0.05, 0) is 49.2 Å². The number of anilines is 1. The molecule has 0 heterocycles. The molecule has 1 aliphatic carbocycles. The minimum atomic E-state index is -4.01. The summed E-state index contributed by atoms with van der Waals surface area (Å²) in [6.07, 6.45) is 1.59. The van der Waals surface area contributed by atoms with Crippen molar-refractivity contribution >= 4 is 25.7 Å². The maximum absolute atomic E-state index is 13.2. The molecule has 2 N–H and O–H groups in total. The van der Waals surface area contributed by atoms with E-state index in [1.54, 1.807) is 0 Å². The van der Waals surface area contributed by atoms with Crippen molar-refractivity contribution < 1.29 is 21.2 Å². The largest absolute Gasteiger partial charge is 0.280 e. The molecule has 3 rings (SSSR count). The van der Waals surface area contributed by atoms with Crippen molar-refractivity contribution in [1.82, 2.24) is 4.72 Å². The van der Waals surface area contributed by atoms with Gasteiger partial charge in [-0.25, -0.2) is 25.9 Å². The highest BCUT2D eigenvalue weighted by atomic mass is 32.2. The summed E-state index contributed by atoms with van der Waals surface area (Å²) in [4.78, 5) is -0.277. The minimum absolute atomic E-state index is 0.0335. The number of benzene rings is 2. The van der Waals surface area contributed by atoms with Crippen LogP contribution in [0, 0.1) is 5.82 Å². The van der Waals surface area contributed by atoms with E-state index < -0.39 is 25.9 Å². The molecular formula is C15H15FN2O4S2. The molecule has 2 aromatic carbocycles. The maximum atomic E-state index is 13.2. The van der Waals surface area contributed by atoms with Crippen LogP contribution in [0.5, 0.6) is 0 Å². The van der Waals surface area contributed by atoms with E-state index in [1.165, 1.54) is 36.4 Å². The van der Waals surface area contributed by atoms with Crippen LogP contribution in [0.25, 0.3) is 0 Å². The van der Waals surface area contributed by atoms with Gasteiger partial charge in [-0.3, -0.25) is 4.72 Å². The number of halogens is 1. The summed E-state index contributed by atoms with van der Waals surface area (Å²) in [6, 6.07) is 9.96. The van der Waals surface area contributed by atoms with Crippen LogP contribution in [0.2, 0.25) is 0 Å². The fourth-order valence-electron chi connectivity index (χ4n) is 2.06. The summed E-state index contributed by atoms with van der Waals surface area (Å²) in [6.45, 7) is 0. The number of hydrogen-bond donors (Lipinski definition) is 2. The molecule has 0 atom stereocenters. The minimum Gasteiger partial charge on any atom is -0.280 e. The molecule has 1 saturated carbocycles. The van der Waals surface area contributed by atoms with E-state index in [4.69, 9.17) is 0 Å². The van der Waals surface area contributed by atoms with Crippen LogP contribution >= 0.6 is 0 Å². The monoisotopic (exact) mass is 370 g/mol. The molecule has 6 nitrogen and oxygen atoms in total. The van der Waals surface area contributed by atoms with Crippen LogP contribution in [-0.2, 0) is 20.0 Å². The molecule has 1 aliphatic rings. The maximum Gasteiger partial charge on any atom is 0.261 e. The molecule has 0 saturated heterocycles. The molecule has 9 heteroatoms. The van der Waals surface area contributed by atoms with Gasteiger partial charge in [-0.2, -0.15) is 0 Å². The van der Waals surface area contributed by atoms with Gasteiger partial charge >= 0.3 is 0 Å². The number of sulfonamides is 2. The van der Waals surface area contributed by atoms with E-state index in [0.29, 0.717) is 0 Å². The number of rotatable bonds is 6. The average molecular weight is 370 g/mol. The summed E-state index contributed by atoms with van der Waals surface area (Å²) in [5.41, 5.74) is 0.0814. The van der Waals surface area contributed by atoms with E-state index in [2.05, 4.69) is 9.44 Å². The molecule has 128 valence electrons. The van der Waals surface area contributed by atoms with Gasteiger partial charge in [0.05, 0.1) is 15.5 Å². The van der Waals surface area contributed by atoms with Crippen molar-refractivity contribution in [3.63, 3.8) is 0 Å². The van der Waals surface area contributed by atoms with E-state index in [1.807, 2.05) is 0 Å². The molecule has 0 aliphatic heterocycles. The van der Waals surface area contributed by atoms with Gasteiger partial charge in [0.25, 0.3) is 10.0 Å². The normalized spacial score (nSPS) is 15.2. The van der Waals surface area contributed by atoms with Crippen LogP contribution in [0.3, 0.4) is 0 Å². The summed E-state index contributed by atoms with van der Waals surface area (Å²) in [5, 5.41) is 0. The number of nitrogens with one attached hydrogen (secondary N) is 2. The second-order valence-corrected chi connectivity index (χ2v) is 8.88. The van der Waals surface area contributed by atoms with Crippen molar-refractivity contribution in [2.75, 3.05) is 4.72 Å². The Kier molecular flexibility index (Phi) is 4.33. The molecule has 0 unspecified atom stereocenters. The van der Waals surface area contributed by atoms with Gasteiger partial charge in [0.15, 0.2) is 0 Å². The standard InChI is InChI=1S/C15H15FN2O4S2/c16-11-3-1-5-14(9-11)23(19,20)18-13-4-2-6-15(10-13)24(21,22)17-12-7-8-12/h1-6,9-10,12,17-18H,7-8H2.